The number of ether oxygens (including phenoxy) is 1. The van der Waals surface area contributed by atoms with Crippen molar-refractivity contribution in [3.63, 3.8) is 0 Å². The number of methoxy groups -OCH3 is 1. The summed E-state index contributed by atoms with van der Waals surface area (Å²) in [6, 6.07) is 4.83. The summed E-state index contributed by atoms with van der Waals surface area (Å²) in [5.41, 5.74) is 0.294. The van der Waals surface area contributed by atoms with Gasteiger partial charge in [0.15, 0.2) is 0 Å². The van der Waals surface area contributed by atoms with Crippen LogP contribution in [0.2, 0.25) is 5.02 Å². The van der Waals surface area contributed by atoms with Crippen LogP contribution < -0.4 is 0 Å². The predicted octanol–water partition coefficient (Wildman–Crippen LogP) is 2.30. The summed E-state index contributed by atoms with van der Waals surface area (Å²) in [5.74, 6) is -0.237. The third-order valence-electron chi connectivity index (χ3n) is 2.98. The molecule has 1 amide bonds. The van der Waals surface area contributed by atoms with Gasteiger partial charge in [-0.3, -0.25) is 4.79 Å². The minimum atomic E-state index is -0.163. The lowest BCUT2D eigenvalue weighted by molar-refractivity contribution is 0.0677. The highest BCUT2D eigenvalue weighted by Crippen LogP contribution is 2.30. The van der Waals surface area contributed by atoms with E-state index in [0.29, 0.717) is 23.7 Å². The number of phenolic OH excluding ortho intramolecular Hbond substituents is 1. The number of halogens is 1. The van der Waals surface area contributed by atoms with Gasteiger partial charge in [0, 0.05) is 24.7 Å². The number of benzene rings is 1. The summed E-state index contributed by atoms with van der Waals surface area (Å²) in [6.45, 7) is 1.04. The van der Waals surface area contributed by atoms with Crippen LogP contribution in [-0.4, -0.2) is 42.2 Å². The maximum atomic E-state index is 12.3. The number of carbonyl (C=O) groups excluding carboxylic acids is 1. The smallest absolute Gasteiger partial charge is 0.257 e. The van der Waals surface area contributed by atoms with Crippen molar-refractivity contribution in [2.24, 2.45) is 0 Å². The van der Waals surface area contributed by atoms with Gasteiger partial charge in [-0.15, -0.1) is 0 Å². The fraction of sp³-hybridized carbons (Fsp3) is 0.462. The molecule has 0 heterocycles. The molecule has 0 bridgehead atoms. The topological polar surface area (TPSA) is 49.8 Å². The molecule has 1 aromatic rings. The Labute approximate surface area is 111 Å². The molecule has 0 aliphatic heterocycles. The number of hydrogen-bond acceptors (Lipinski definition) is 3. The Balaban J connectivity index is 2.16. The summed E-state index contributed by atoms with van der Waals surface area (Å²) >= 11 is 5.75. The fourth-order valence-electron chi connectivity index (χ4n) is 1.87. The molecular formula is C13H16ClNO3. The third kappa shape index (κ3) is 2.94. The highest BCUT2D eigenvalue weighted by molar-refractivity contribution is 6.30. The molecule has 0 unspecified atom stereocenters. The fourth-order valence-corrected chi connectivity index (χ4v) is 2.03. The average molecular weight is 270 g/mol. The lowest BCUT2D eigenvalue weighted by Crippen LogP contribution is -2.35. The second-order valence-electron chi connectivity index (χ2n) is 4.38. The van der Waals surface area contributed by atoms with E-state index in [0.717, 1.165) is 12.8 Å². The van der Waals surface area contributed by atoms with E-state index in [9.17, 15) is 9.90 Å². The first-order chi connectivity index (χ1) is 8.63. The van der Waals surface area contributed by atoms with Gasteiger partial charge in [-0.05, 0) is 31.0 Å². The van der Waals surface area contributed by atoms with Crippen LogP contribution in [0.15, 0.2) is 18.2 Å². The summed E-state index contributed by atoms with van der Waals surface area (Å²) in [7, 11) is 1.61. The van der Waals surface area contributed by atoms with E-state index in [1.807, 2.05) is 0 Å². The van der Waals surface area contributed by atoms with Crippen molar-refractivity contribution in [1.29, 1.82) is 0 Å². The molecule has 1 saturated carbocycles. The Morgan fingerprint density at radius 1 is 1.56 bits per heavy atom. The lowest BCUT2D eigenvalue weighted by Gasteiger charge is -2.22. The van der Waals surface area contributed by atoms with Gasteiger partial charge in [-0.25, -0.2) is 0 Å². The van der Waals surface area contributed by atoms with Crippen LogP contribution in [0.5, 0.6) is 5.75 Å². The zero-order chi connectivity index (χ0) is 13.1. The molecule has 0 radical (unpaired) electrons. The minimum absolute atomic E-state index is 0.0735. The van der Waals surface area contributed by atoms with Crippen LogP contribution in [0.3, 0.4) is 0 Å². The maximum absolute atomic E-state index is 12.3. The maximum Gasteiger partial charge on any atom is 0.257 e. The molecular weight excluding hydrogens is 254 g/mol. The van der Waals surface area contributed by atoms with Crippen LogP contribution in [0.25, 0.3) is 0 Å². The number of hydrogen-bond donors (Lipinski definition) is 1. The Hall–Kier alpha value is -1.26. The molecule has 0 saturated heterocycles. The molecule has 0 aromatic heterocycles. The molecule has 1 aliphatic carbocycles. The molecule has 4 nitrogen and oxygen atoms in total. The Morgan fingerprint density at radius 2 is 2.28 bits per heavy atom. The van der Waals surface area contributed by atoms with Crippen LogP contribution in [-0.2, 0) is 4.74 Å². The molecule has 1 aliphatic rings. The van der Waals surface area contributed by atoms with Gasteiger partial charge >= 0.3 is 0 Å². The second kappa shape index (κ2) is 5.59. The van der Waals surface area contributed by atoms with Crippen molar-refractivity contribution in [2.45, 2.75) is 18.9 Å². The van der Waals surface area contributed by atoms with Gasteiger partial charge in [-0.2, -0.15) is 0 Å². The van der Waals surface area contributed by atoms with Gasteiger partial charge in [0.25, 0.3) is 5.91 Å². The quantitative estimate of drug-likeness (QED) is 0.892. The minimum Gasteiger partial charge on any atom is -0.507 e. The number of aromatic hydroxyl groups is 1. The Kier molecular flexibility index (Phi) is 4.09. The second-order valence-corrected chi connectivity index (χ2v) is 4.82. The van der Waals surface area contributed by atoms with Crippen LogP contribution >= 0.6 is 11.6 Å². The summed E-state index contributed by atoms with van der Waals surface area (Å²) in [6.07, 6.45) is 2.04. The standard InChI is InChI=1S/C13H16ClNO3/c1-18-7-6-15(10-3-4-10)13(17)11-5-2-9(14)8-12(11)16/h2,5,8,10,16H,3-4,6-7H2,1H3. The van der Waals surface area contributed by atoms with Crippen molar-refractivity contribution < 1.29 is 14.6 Å². The van der Waals surface area contributed by atoms with Crippen LogP contribution in [0.1, 0.15) is 23.2 Å². The van der Waals surface area contributed by atoms with E-state index in [2.05, 4.69) is 0 Å². The summed E-state index contributed by atoms with van der Waals surface area (Å²) < 4.78 is 5.01. The first kappa shape index (κ1) is 13.2. The predicted molar refractivity (Wildman–Crippen MR) is 69.1 cm³/mol. The van der Waals surface area contributed by atoms with Gasteiger partial charge in [0.05, 0.1) is 12.2 Å². The van der Waals surface area contributed by atoms with E-state index < -0.39 is 0 Å². The first-order valence-electron chi connectivity index (χ1n) is 5.92. The van der Waals surface area contributed by atoms with E-state index in [1.54, 1.807) is 24.1 Å². The molecule has 18 heavy (non-hydrogen) atoms. The molecule has 1 N–H and O–H groups in total. The van der Waals surface area contributed by atoms with Gasteiger partial charge < -0.3 is 14.7 Å². The lowest BCUT2D eigenvalue weighted by atomic mass is 10.1. The Morgan fingerprint density at radius 3 is 2.83 bits per heavy atom. The SMILES string of the molecule is COCCN(C(=O)c1ccc(Cl)cc1O)C1CC1. The Bertz CT molecular complexity index is 446. The molecule has 5 heteroatoms. The van der Waals surface area contributed by atoms with E-state index in [4.69, 9.17) is 16.3 Å². The van der Waals surface area contributed by atoms with Crippen LogP contribution in [0.4, 0.5) is 0 Å². The zero-order valence-corrected chi connectivity index (χ0v) is 11.0. The van der Waals surface area contributed by atoms with Crippen LogP contribution in [0, 0.1) is 0 Å². The van der Waals surface area contributed by atoms with Gasteiger partial charge in [-0.1, -0.05) is 11.6 Å². The number of amides is 1. The van der Waals surface area contributed by atoms with E-state index >= 15 is 0 Å². The van der Waals surface area contributed by atoms with Gasteiger partial charge in [0.2, 0.25) is 0 Å². The third-order valence-corrected chi connectivity index (χ3v) is 3.21. The van der Waals surface area contributed by atoms with Crippen molar-refractivity contribution in [1.82, 2.24) is 4.90 Å². The number of nitrogens with zero attached hydrogens (tertiary/aromatic N) is 1. The highest BCUT2D eigenvalue weighted by atomic mass is 35.5. The molecule has 0 atom stereocenters. The number of rotatable bonds is 5. The van der Waals surface area contributed by atoms with E-state index in [-0.39, 0.29) is 17.7 Å². The monoisotopic (exact) mass is 269 g/mol. The highest BCUT2D eigenvalue weighted by Gasteiger charge is 2.33. The first-order valence-corrected chi connectivity index (χ1v) is 6.29. The molecule has 98 valence electrons. The van der Waals surface area contributed by atoms with Crippen molar-refractivity contribution in [2.75, 3.05) is 20.3 Å². The zero-order valence-electron chi connectivity index (χ0n) is 10.2. The molecule has 2 rings (SSSR count). The largest absolute Gasteiger partial charge is 0.507 e. The molecule has 1 aromatic carbocycles. The summed E-state index contributed by atoms with van der Waals surface area (Å²) in [5, 5.41) is 10.2. The van der Waals surface area contributed by atoms with Crippen molar-refractivity contribution >= 4 is 17.5 Å². The van der Waals surface area contributed by atoms with E-state index in [1.165, 1.54) is 6.07 Å². The normalized spacial score (nSPS) is 14.6. The number of carbonyl (C=O) groups is 1. The van der Waals surface area contributed by atoms with Crippen molar-refractivity contribution in [3.8, 4) is 5.75 Å². The molecule has 0 spiro atoms. The average Bonchev–Trinajstić information content (AvgIpc) is 3.13. The van der Waals surface area contributed by atoms with Gasteiger partial charge in [0.1, 0.15) is 5.75 Å². The number of phenols is 1. The van der Waals surface area contributed by atoms with Crippen molar-refractivity contribution in [3.05, 3.63) is 28.8 Å². The summed E-state index contributed by atoms with van der Waals surface area (Å²) in [4.78, 5) is 14.1. The molecule has 1 fully saturated rings.